The van der Waals surface area contributed by atoms with Crippen molar-refractivity contribution in [1.29, 1.82) is 5.26 Å². The van der Waals surface area contributed by atoms with Crippen LogP contribution < -0.4 is 5.32 Å². The minimum atomic E-state index is -0.654. The van der Waals surface area contributed by atoms with Crippen molar-refractivity contribution in [2.24, 2.45) is 0 Å². The van der Waals surface area contributed by atoms with Gasteiger partial charge in [0.05, 0.1) is 19.2 Å². The minimum absolute atomic E-state index is 0.0366. The van der Waals surface area contributed by atoms with Crippen LogP contribution in [0.2, 0.25) is 0 Å². The lowest BCUT2D eigenvalue weighted by atomic mass is 10.00. The van der Waals surface area contributed by atoms with E-state index in [1.165, 1.54) is 0 Å². The molecule has 1 fully saturated rings. The monoisotopic (exact) mass is 253 g/mol. The standard InChI is InChI=1S/C13H23N3O2/c1-11(2)16(7-8-17)9-12(18)15-13(10-14)5-3-4-6-13/h11,17H,3-9H2,1-2H3,(H,15,18). The summed E-state index contributed by atoms with van der Waals surface area (Å²) in [4.78, 5) is 13.9. The maximum Gasteiger partial charge on any atom is 0.235 e. The van der Waals surface area contributed by atoms with Crippen LogP contribution in [0.1, 0.15) is 39.5 Å². The van der Waals surface area contributed by atoms with E-state index in [0.29, 0.717) is 6.54 Å². The molecule has 1 aliphatic rings. The summed E-state index contributed by atoms with van der Waals surface area (Å²) in [5.74, 6) is -0.124. The highest BCUT2D eigenvalue weighted by Gasteiger charge is 2.35. The Morgan fingerprint density at radius 3 is 2.56 bits per heavy atom. The average Bonchev–Trinajstić information content (AvgIpc) is 2.77. The number of nitrogens with one attached hydrogen (secondary N) is 1. The Balaban J connectivity index is 2.52. The molecule has 1 amide bonds. The summed E-state index contributed by atoms with van der Waals surface area (Å²) in [7, 11) is 0. The largest absolute Gasteiger partial charge is 0.395 e. The summed E-state index contributed by atoms with van der Waals surface area (Å²) in [6.07, 6.45) is 3.49. The van der Waals surface area contributed by atoms with E-state index < -0.39 is 5.54 Å². The second-order valence-corrected chi connectivity index (χ2v) is 5.24. The molecule has 5 nitrogen and oxygen atoms in total. The van der Waals surface area contributed by atoms with Crippen LogP contribution in [0, 0.1) is 11.3 Å². The van der Waals surface area contributed by atoms with Gasteiger partial charge in [-0.1, -0.05) is 0 Å². The molecule has 102 valence electrons. The van der Waals surface area contributed by atoms with Crippen molar-refractivity contribution in [3.63, 3.8) is 0 Å². The predicted octanol–water partition coefficient (Wildman–Crippen LogP) is 0.642. The molecule has 2 N–H and O–H groups in total. The van der Waals surface area contributed by atoms with Crippen LogP contribution >= 0.6 is 0 Å². The quantitative estimate of drug-likeness (QED) is 0.728. The molecule has 0 aromatic heterocycles. The number of amides is 1. The van der Waals surface area contributed by atoms with Gasteiger partial charge in [0.25, 0.3) is 0 Å². The van der Waals surface area contributed by atoms with Crippen molar-refractivity contribution >= 4 is 5.91 Å². The van der Waals surface area contributed by atoms with Crippen molar-refractivity contribution in [3.05, 3.63) is 0 Å². The van der Waals surface area contributed by atoms with Crippen LogP contribution in [0.15, 0.2) is 0 Å². The summed E-state index contributed by atoms with van der Waals surface area (Å²) < 4.78 is 0. The van der Waals surface area contributed by atoms with Gasteiger partial charge in [-0.15, -0.1) is 0 Å². The van der Waals surface area contributed by atoms with Crippen LogP contribution in [0.25, 0.3) is 0 Å². The first-order valence-corrected chi connectivity index (χ1v) is 6.60. The minimum Gasteiger partial charge on any atom is -0.395 e. The van der Waals surface area contributed by atoms with Crippen molar-refractivity contribution in [2.75, 3.05) is 19.7 Å². The Labute approximate surface area is 109 Å². The number of nitriles is 1. The van der Waals surface area contributed by atoms with Gasteiger partial charge in [0.2, 0.25) is 5.91 Å². The lowest BCUT2D eigenvalue weighted by molar-refractivity contribution is -0.124. The van der Waals surface area contributed by atoms with Crippen molar-refractivity contribution < 1.29 is 9.90 Å². The van der Waals surface area contributed by atoms with E-state index in [0.717, 1.165) is 25.7 Å². The van der Waals surface area contributed by atoms with E-state index in [4.69, 9.17) is 5.11 Å². The molecule has 0 heterocycles. The number of carbonyl (C=O) groups excluding carboxylic acids is 1. The molecule has 18 heavy (non-hydrogen) atoms. The topological polar surface area (TPSA) is 76.4 Å². The van der Waals surface area contributed by atoms with E-state index in [9.17, 15) is 10.1 Å². The molecule has 1 rings (SSSR count). The number of rotatable bonds is 6. The van der Waals surface area contributed by atoms with Crippen LogP contribution in [-0.4, -0.2) is 47.2 Å². The van der Waals surface area contributed by atoms with Crippen molar-refractivity contribution in [3.8, 4) is 6.07 Å². The average molecular weight is 253 g/mol. The van der Waals surface area contributed by atoms with Gasteiger partial charge in [0, 0.05) is 12.6 Å². The van der Waals surface area contributed by atoms with Crippen molar-refractivity contribution in [2.45, 2.75) is 51.1 Å². The van der Waals surface area contributed by atoms with Crippen LogP contribution in [0.4, 0.5) is 0 Å². The molecular formula is C13H23N3O2. The van der Waals surface area contributed by atoms with Gasteiger partial charge in [-0.3, -0.25) is 9.69 Å². The third-order valence-electron chi connectivity index (χ3n) is 3.51. The third kappa shape index (κ3) is 3.97. The fourth-order valence-electron chi connectivity index (χ4n) is 2.38. The number of carbonyl (C=O) groups is 1. The Bertz CT molecular complexity index is 317. The first kappa shape index (κ1) is 14.9. The summed E-state index contributed by atoms with van der Waals surface area (Å²) >= 11 is 0. The lowest BCUT2D eigenvalue weighted by Crippen LogP contribution is -2.50. The lowest BCUT2D eigenvalue weighted by Gasteiger charge is -2.28. The molecule has 1 saturated carbocycles. The fraction of sp³-hybridized carbons (Fsp3) is 0.846. The molecule has 0 spiro atoms. The van der Waals surface area contributed by atoms with Crippen LogP contribution in [0.3, 0.4) is 0 Å². The number of hydrogen-bond acceptors (Lipinski definition) is 4. The van der Waals surface area contributed by atoms with Gasteiger partial charge in [-0.05, 0) is 39.5 Å². The zero-order valence-corrected chi connectivity index (χ0v) is 11.3. The summed E-state index contributed by atoms with van der Waals surface area (Å²) in [6, 6.07) is 2.44. The summed E-state index contributed by atoms with van der Waals surface area (Å²) in [5, 5.41) is 21.0. The second kappa shape index (κ2) is 6.72. The first-order valence-electron chi connectivity index (χ1n) is 6.60. The highest BCUT2D eigenvalue weighted by atomic mass is 16.3. The van der Waals surface area contributed by atoms with Gasteiger partial charge >= 0.3 is 0 Å². The number of nitrogens with zero attached hydrogens (tertiary/aromatic N) is 2. The highest BCUT2D eigenvalue weighted by molar-refractivity contribution is 5.79. The number of hydrogen-bond donors (Lipinski definition) is 2. The Morgan fingerprint density at radius 1 is 1.50 bits per heavy atom. The molecule has 0 radical (unpaired) electrons. The summed E-state index contributed by atoms with van der Waals surface area (Å²) in [5.41, 5.74) is -0.654. The summed E-state index contributed by atoms with van der Waals surface area (Å²) in [6.45, 7) is 4.72. The molecule has 0 bridgehead atoms. The maximum absolute atomic E-state index is 12.0. The Kier molecular flexibility index (Phi) is 5.57. The molecule has 1 aliphatic carbocycles. The van der Waals surface area contributed by atoms with E-state index in [2.05, 4.69) is 11.4 Å². The molecular weight excluding hydrogens is 230 g/mol. The van der Waals surface area contributed by atoms with E-state index in [-0.39, 0.29) is 25.1 Å². The van der Waals surface area contributed by atoms with Gasteiger partial charge in [-0.2, -0.15) is 5.26 Å². The van der Waals surface area contributed by atoms with Crippen LogP contribution in [0.5, 0.6) is 0 Å². The maximum atomic E-state index is 12.0. The van der Waals surface area contributed by atoms with Gasteiger partial charge in [0.15, 0.2) is 0 Å². The molecule has 0 aromatic rings. The SMILES string of the molecule is CC(C)N(CCO)CC(=O)NC1(C#N)CCCC1. The normalized spacial score (nSPS) is 18.0. The second-order valence-electron chi connectivity index (χ2n) is 5.24. The number of aliphatic hydroxyl groups excluding tert-OH is 1. The van der Waals surface area contributed by atoms with Gasteiger partial charge in [0.1, 0.15) is 5.54 Å². The van der Waals surface area contributed by atoms with E-state index >= 15 is 0 Å². The van der Waals surface area contributed by atoms with E-state index in [1.54, 1.807) is 0 Å². The first-order chi connectivity index (χ1) is 8.53. The molecule has 0 atom stereocenters. The van der Waals surface area contributed by atoms with Gasteiger partial charge < -0.3 is 10.4 Å². The smallest absolute Gasteiger partial charge is 0.235 e. The zero-order valence-electron chi connectivity index (χ0n) is 11.3. The highest BCUT2D eigenvalue weighted by Crippen LogP contribution is 2.28. The molecule has 0 saturated heterocycles. The molecule has 0 unspecified atom stereocenters. The van der Waals surface area contributed by atoms with E-state index in [1.807, 2.05) is 18.7 Å². The van der Waals surface area contributed by atoms with Crippen molar-refractivity contribution in [1.82, 2.24) is 10.2 Å². The molecule has 0 aromatic carbocycles. The Morgan fingerprint density at radius 2 is 2.11 bits per heavy atom. The number of aliphatic hydroxyl groups is 1. The van der Waals surface area contributed by atoms with Crippen LogP contribution in [-0.2, 0) is 4.79 Å². The predicted molar refractivity (Wildman–Crippen MR) is 68.7 cm³/mol. The molecule has 0 aliphatic heterocycles. The molecule has 5 heteroatoms. The zero-order chi connectivity index (χ0) is 13.6. The third-order valence-corrected chi connectivity index (χ3v) is 3.51. The van der Waals surface area contributed by atoms with Gasteiger partial charge in [-0.25, -0.2) is 0 Å². The fourth-order valence-corrected chi connectivity index (χ4v) is 2.38. The Hall–Kier alpha value is -1.12.